The maximum absolute atomic E-state index is 12.7. The van der Waals surface area contributed by atoms with E-state index in [1.165, 1.54) is 0 Å². The minimum Gasteiger partial charge on any atom is -0.461 e. The Balaban J connectivity index is 1.61. The molecule has 1 saturated carbocycles. The summed E-state index contributed by atoms with van der Waals surface area (Å²) in [6.07, 6.45) is -3.72. The van der Waals surface area contributed by atoms with Gasteiger partial charge in [0.15, 0.2) is 0 Å². The molecule has 0 spiro atoms. The van der Waals surface area contributed by atoms with Crippen LogP contribution in [0.3, 0.4) is 0 Å². The first-order valence-corrected chi connectivity index (χ1v) is 10.7. The third-order valence-electron chi connectivity index (χ3n) is 5.04. The Kier molecular flexibility index (Phi) is 6.24. The van der Waals surface area contributed by atoms with Gasteiger partial charge in [-0.05, 0) is 56.0 Å². The molecule has 0 heterocycles. The summed E-state index contributed by atoms with van der Waals surface area (Å²) in [4.78, 5) is 12.0. The summed E-state index contributed by atoms with van der Waals surface area (Å²) in [6, 6.07) is 12.3. The van der Waals surface area contributed by atoms with E-state index in [1.54, 1.807) is 6.92 Å². The molecule has 30 heavy (non-hydrogen) atoms. The van der Waals surface area contributed by atoms with Gasteiger partial charge >= 0.3 is 12.1 Å². The maximum atomic E-state index is 12.7. The van der Waals surface area contributed by atoms with E-state index < -0.39 is 39.3 Å². The molecular weight excluding hydrogens is 421 g/mol. The Morgan fingerprint density at radius 3 is 2.33 bits per heavy atom. The number of alkyl halides is 3. The second kappa shape index (κ2) is 8.39. The van der Waals surface area contributed by atoms with Crippen molar-refractivity contribution in [2.24, 2.45) is 5.92 Å². The van der Waals surface area contributed by atoms with E-state index in [0.29, 0.717) is 25.0 Å². The van der Waals surface area contributed by atoms with Crippen molar-refractivity contribution in [3.63, 3.8) is 0 Å². The van der Waals surface area contributed by atoms with Crippen molar-refractivity contribution in [3.8, 4) is 0 Å². The van der Waals surface area contributed by atoms with Crippen molar-refractivity contribution in [1.29, 1.82) is 0 Å². The molecule has 5 nitrogen and oxygen atoms in total. The molecule has 0 amide bonds. The van der Waals surface area contributed by atoms with Crippen LogP contribution in [0.1, 0.15) is 37.3 Å². The van der Waals surface area contributed by atoms with Gasteiger partial charge in [0.05, 0.1) is 22.0 Å². The number of halogens is 3. The predicted molar refractivity (Wildman–Crippen MR) is 102 cm³/mol. The van der Waals surface area contributed by atoms with E-state index in [2.05, 4.69) is 0 Å². The normalized spacial score (nSPS) is 22.1. The first-order chi connectivity index (χ1) is 14.0. The zero-order valence-electron chi connectivity index (χ0n) is 16.2. The first-order valence-electron chi connectivity index (χ1n) is 9.32. The molecular formula is C21H21F3O5S. The average molecular weight is 442 g/mol. The number of ether oxygens (including phenoxy) is 1. The molecule has 0 aromatic heterocycles. The lowest BCUT2D eigenvalue weighted by atomic mass is 10.0. The van der Waals surface area contributed by atoms with E-state index in [0.717, 1.165) is 17.7 Å². The molecule has 9 heteroatoms. The van der Waals surface area contributed by atoms with Gasteiger partial charge in [-0.2, -0.15) is 21.6 Å². The quantitative estimate of drug-likeness (QED) is 0.479. The molecule has 162 valence electrons. The number of hydrogen-bond donors (Lipinski definition) is 0. The second-order valence-electron chi connectivity index (χ2n) is 7.54. The molecule has 1 aliphatic carbocycles. The first kappa shape index (κ1) is 22.3. The van der Waals surface area contributed by atoms with Gasteiger partial charge in [-0.15, -0.1) is 0 Å². The highest BCUT2D eigenvalue weighted by Crippen LogP contribution is 2.40. The Morgan fingerprint density at radius 2 is 1.73 bits per heavy atom. The van der Waals surface area contributed by atoms with Gasteiger partial charge < -0.3 is 4.74 Å². The van der Waals surface area contributed by atoms with Crippen LogP contribution in [0.15, 0.2) is 59.5 Å². The molecule has 0 saturated heterocycles. The lowest BCUT2D eigenvalue weighted by Crippen LogP contribution is -2.30. The molecule has 2 unspecified atom stereocenters. The largest absolute Gasteiger partial charge is 0.461 e. The fraction of sp³-hybridized carbons (Fsp3) is 0.381. The predicted octanol–water partition coefficient (Wildman–Crippen LogP) is 4.71. The van der Waals surface area contributed by atoms with Crippen molar-refractivity contribution < 1.29 is 35.3 Å². The third-order valence-corrected chi connectivity index (χ3v) is 6.51. The zero-order valence-corrected chi connectivity index (χ0v) is 17.0. The van der Waals surface area contributed by atoms with Gasteiger partial charge in [0.25, 0.3) is 10.1 Å². The van der Waals surface area contributed by atoms with Gasteiger partial charge in [-0.3, -0.25) is 8.98 Å². The fourth-order valence-corrected chi connectivity index (χ4v) is 4.70. The van der Waals surface area contributed by atoms with Crippen molar-refractivity contribution >= 4 is 16.1 Å². The zero-order chi connectivity index (χ0) is 22.0. The molecule has 0 bridgehead atoms. The van der Waals surface area contributed by atoms with Crippen LogP contribution in [0.5, 0.6) is 0 Å². The van der Waals surface area contributed by atoms with Crippen LogP contribution >= 0.6 is 0 Å². The van der Waals surface area contributed by atoms with Crippen LogP contribution in [0.2, 0.25) is 0 Å². The highest BCUT2D eigenvalue weighted by molar-refractivity contribution is 7.86. The van der Waals surface area contributed by atoms with Gasteiger partial charge in [-0.1, -0.05) is 30.3 Å². The third kappa shape index (κ3) is 5.40. The topological polar surface area (TPSA) is 69.7 Å². The van der Waals surface area contributed by atoms with Crippen molar-refractivity contribution in [3.05, 3.63) is 65.7 Å². The molecule has 1 aliphatic rings. The lowest BCUT2D eigenvalue weighted by Gasteiger charge is -2.24. The van der Waals surface area contributed by atoms with E-state index in [4.69, 9.17) is 8.92 Å². The van der Waals surface area contributed by atoms with Gasteiger partial charge in [-0.25, -0.2) is 0 Å². The Labute approximate surface area is 172 Å². The molecule has 2 aromatic rings. The molecule has 0 radical (unpaired) electrons. The summed E-state index contributed by atoms with van der Waals surface area (Å²) in [7, 11) is -4.29. The van der Waals surface area contributed by atoms with Gasteiger partial charge in [0, 0.05) is 0 Å². The van der Waals surface area contributed by atoms with Crippen molar-refractivity contribution in [1.82, 2.24) is 0 Å². The molecule has 2 atom stereocenters. The van der Waals surface area contributed by atoms with Crippen molar-refractivity contribution in [2.45, 2.75) is 49.5 Å². The van der Waals surface area contributed by atoms with Crippen LogP contribution < -0.4 is 0 Å². The number of hydrogen-bond acceptors (Lipinski definition) is 5. The summed E-state index contributed by atoms with van der Waals surface area (Å²) in [5, 5.41) is 0. The van der Waals surface area contributed by atoms with Crippen LogP contribution in [0, 0.1) is 5.92 Å². The molecule has 2 aromatic carbocycles. The minimum atomic E-state index is -4.56. The van der Waals surface area contributed by atoms with Crippen LogP contribution in [0.4, 0.5) is 13.2 Å². The Hall–Kier alpha value is -2.39. The maximum Gasteiger partial charge on any atom is 0.416 e. The molecule has 3 rings (SSSR count). The van der Waals surface area contributed by atoms with Gasteiger partial charge in [0.1, 0.15) is 6.61 Å². The summed E-state index contributed by atoms with van der Waals surface area (Å²) >= 11 is 0. The number of benzene rings is 2. The molecule has 0 N–H and O–H groups in total. The van der Waals surface area contributed by atoms with E-state index in [1.807, 2.05) is 30.3 Å². The van der Waals surface area contributed by atoms with E-state index in [9.17, 15) is 26.4 Å². The monoisotopic (exact) mass is 442 g/mol. The lowest BCUT2D eigenvalue weighted by molar-refractivity contribution is -0.150. The average Bonchev–Trinajstić information content (AvgIpc) is 3.07. The summed E-state index contributed by atoms with van der Waals surface area (Å²) < 4.78 is 73.7. The minimum absolute atomic E-state index is 0.123. The Morgan fingerprint density at radius 1 is 1.10 bits per heavy atom. The second-order valence-corrected chi connectivity index (χ2v) is 9.09. The van der Waals surface area contributed by atoms with Crippen LogP contribution in [-0.2, 0) is 36.6 Å². The van der Waals surface area contributed by atoms with Gasteiger partial charge in [0.2, 0.25) is 0 Å². The highest BCUT2D eigenvalue weighted by atomic mass is 32.2. The highest BCUT2D eigenvalue weighted by Gasteiger charge is 2.43. The van der Waals surface area contributed by atoms with E-state index in [-0.39, 0.29) is 17.9 Å². The molecule has 0 aliphatic heterocycles. The summed E-state index contributed by atoms with van der Waals surface area (Å²) in [5.74, 6) is -0.945. The number of carbonyl (C=O) groups excluding carboxylic acids is 1. The standard InChI is InChI=1S/C21H21F3O5S/c1-20(29-30(26,27)18-9-7-17(8-10-18)21(22,23)24)12-11-16(13-20)19(25)28-14-15-5-3-2-4-6-15/h2-10,16H,11-14H2,1H3. The SMILES string of the molecule is CC1(OS(=O)(=O)c2ccc(C(F)(F)F)cc2)CCC(C(=O)OCc2ccccc2)C1. The van der Waals surface area contributed by atoms with Crippen LogP contribution in [0.25, 0.3) is 0 Å². The fourth-order valence-electron chi connectivity index (χ4n) is 3.45. The summed E-state index contributed by atoms with van der Waals surface area (Å²) in [5.41, 5.74) is -1.25. The smallest absolute Gasteiger partial charge is 0.416 e. The van der Waals surface area contributed by atoms with Crippen molar-refractivity contribution in [2.75, 3.05) is 0 Å². The number of carbonyl (C=O) groups is 1. The number of rotatable bonds is 6. The van der Waals surface area contributed by atoms with E-state index >= 15 is 0 Å². The summed E-state index contributed by atoms with van der Waals surface area (Å²) in [6.45, 7) is 1.69. The van der Waals surface area contributed by atoms with Crippen LogP contribution in [-0.4, -0.2) is 20.0 Å². The number of esters is 1. The Bertz CT molecular complexity index is 988. The molecule has 1 fully saturated rings.